The van der Waals surface area contributed by atoms with Gasteiger partial charge in [-0.15, -0.1) is 0 Å². The van der Waals surface area contributed by atoms with E-state index in [4.69, 9.17) is 14.2 Å². The van der Waals surface area contributed by atoms with Gasteiger partial charge in [0.05, 0.1) is 26.4 Å². The van der Waals surface area contributed by atoms with Crippen LogP contribution < -0.4 is 9.47 Å². The van der Waals surface area contributed by atoms with Gasteiger partial charge >= 0.3 is 0 Å². The topological polar surface area (TPSA) is 27.7 Å². The van der Waals surface area contributed by atoms with Crippen molar-refractivity contribution in [2.24, 2.45) is 47.3 Å². The number of rotatable bonds is 22. The van der Waals surface area contributed by atoms with E-state index in [1.165, 1.54) is 77.0 Å². The second kappa shape index (κ2) is 25.8. The minimum Gasteiger partial charge on any atom is -0.490 e. The van der Waals surface area contributed by atoms with Gasteiger partial charge in [-0.2, -0.15) is 8.78 Å². The molecular formula is C56H82F4O3. The van der Waals surface area contributed by atoms with E-state index in [9.17, 15) is 0 Å². The highest BCUT2D eigenvalue weighted by Gasteiger charge is 2.35. The van der Waals surface area contributed by atoms with Crippen molar-refractivity contribution in [2.45, 2.75) is 182 Å². The molecule has 63 heavy (non-hydrogen) atoms. The number of allylic oxidation sites excluding steroid dienone is 2. The molecule has 4 aliphatic rings. The third kappa shape index (κ3) is 13.6. The average molecular weight is 879 g/mol. The zero-order chi connectivity index (χ0) is 44.6. The van der Waals surface area contributed by atoms with E-state index in [2.05, 4.69) is 13.8 Å². The summed E-state index contributed by atoms with van der Waals surface area (Å²) in [5, 5.41) is 0. The summed E-state index contributed by atoms with van der Waals surface area (Å²) < 4.78 is 80.9. The molecule has 0 spiro atoms. The number of ether oxygens (including phenoxy) is 3. The predicted molar refractivity (Wildman–Crippen MR) is 252 cm³/mol. The van der Waals surface area contributed by atoms with Gasteiger partial charge in [0, 0.05) is 11.1 Å². The van der Waals surface area contributed by atoms with Crippen LogP contribution in [0.2, 0.25) is 0 Å². The standard InChI is InChI=1S/C56H82F4O3/c1-5-9-35-62-51-31-29-49(53(57)55(51)59)47(45-25-21-43(22-26-45)41-17-13-39(11-7-3)14-18-41)33-37-61-38-34-48(50-30-32-52(56(60)54(50)58)63-36-10-6-2)46-27-23-44(24-28-46)42-19-15-40(12-8-4)16-20-42/h29-34,39-46H,5-28,35-38H2,1-4H3/t39-,40-,41-,42-,43-,44-,45-,46-. The first-order valence-electron chi connectivity index (χ1n) is 26.0. The smallest absolute Gasteiger partial charge is 0.201 e. The van der Waals surface area contributed by atoms with Gasteiger partial charge in [-0.05, 0) is 173 Å². The van der Waals surface area contributed by atoms with Crippen molar-refractivity contribution in [1.82, 2.24) is 0 Å². The first-order chi connectivity index (χ1) is 30.8. The van der Waals surface area contributed by atoms with Crippen molar-refractivity contribution >= 4 is 11.1 Å². The number of unbranched alkanes of at least 4 members (excludes halogenated alkanes) is 2. The van der Waals surface area contributed by atoms with Crippen molar-refractivity contribution < 1.29 is 31.8 Å². The minimum absolute atomic E-state index is 0.0436. The van der Waals surface area contributed by atoms with Crippen LogP contribution in [0.5, 0.6) is 11.5 Å². The first-order valence-corrected chi connectivity index (χ1v) is 26.0. The van der Waals surface area contributed by atoms with E-state index in [0.29, 0.717) is 25.0 Å². The van der Waals surface area contributed by atoms with Gasteiger partial charge in [-0.1, -0.05) is 104 Å². The molecule has 0 atom stereocenters. The lowest BCUT2D eigenvalue weighted by atomic mass is 9.67. The fraction of sp³-hybridized carbons (Fsp3) is 0.714. The summed E-state index contributed by atoms with van der Waals surface area (Å²) in [5.41, 5.74) is 2.17. The fourth-order valence-corrected chi connectivity index (χ4v) is 12.3. The summed E-state index contributed by atoms with van der Waals surface area (Å²) in [4.78, 5) is 0. The summed E-state index contributed by atoms with van der Waals surface area (Å²) in [6.07, 6.45) is 31.3. The summed E-state index contributed by atoms with van der Waals surface area (Å²) in [5.74, 6) is 1.20. The maximum atomic E-state index is 16.1. The summed E-state index contributed by atoms with van der Waals surface area (Å²) >= 11 is 0. The van der Waals surface area contributed by atoms with Gasteiger partial charge < -0.3 is 14.2 Å². The predicted octanol–water partition coefficient (Wildman–Crippen LogP) is 16.9. The quantitative estimate of drug-likeness (QED) is 0.0871. The molecule has 7 heteroatoms. The van der Waals surface area contributed by atoms with Crippen LogP contribution in [-0.4, -0.2) is 26.4 Å². The third-order valence-corrected chi connectivity index (χ3v) is 16.0. The molecule has 0 saturated heterocycles. The molecule has 6 rings (SSSR count). The molecule has 2 aromatic carbocycles. The Hall–Kier alpha value is -2.80. The summed E-state index contributed by atoms with van der Waals surface area (Å²) in [6.45, 7) is 9.74. The molecule has 0 unspecified atom stereocenters. The Morgan fingerprint density at radius 3 is 1.14 bits per heavy atom. The van der Waals surface area contributed by atoms with Crippen molar-refractivity contribution in [3.63, 3.8) is 0 Å². The third-order valence-electron chi connectivity index (χ3n) is 16.0. The van der Waals surface area contributed by atoms with E-state index in [1.54, 1.807) is 24.3 Å². The van der Waals surface area contributed by atoms with Crippen molar-refractivity contribution in [3.8, 4) is 11.5 Å². The molecule has 4 saturated carbocycles. The lowest BCUT2D eigenvalue weighted by molar-refractivity contribution is 0.153. The van der Waals surface area contributed by atoms with Gasteiger partial charge in [0.15, 0.2) is 23.1 Å². The number of hydrogen-bond donors (Lipinski definition) is 0. The van der Waals surface area contributed by atoms with Crippen LogP contribution >= 0.6 is 0 Å². The first kappa shape index (κ1) is 49.6. The van der Waals surface area contributed by atoms with E-state index < -0.39 is 23.3 Å². The average Bonchev–Trinajstić information content (AvgIpc) is 3.31. The largest absolute Gasteiger partial charge is 0.490 e. The van der Waals surface area contributed by atoms with Crippen LogP contribution in [0, 0.1) is 70.6 Å². The monoisotopic (exact) mass is 879 g/mol. The molecule has 0 aliphatic heterocycles. The molecular weight excluding hydrogens is 797 g/mol. The molecule has 3 nitrogen and oxygen atoms in total. The van der Waals surface area contributed by atoms with Crippen molar-refractivity contribution in [1.29, 1.82) is 0 Å². The molecule has 2 aromatic rings. The number of halogens is 4. The molecule has 0 N–H and O–H groups in total. The zero-order valence-electron chi connectivity index (χ0n) is 39.6. The number of hydrogen-bond acceptors (Lipinski definition) is 3. The molecule has 0 heterocycles. The van der Waals surface area contributed by atoms with Gasteiger partial charge in [0.25, 0.3) is 0 Å². The second-order valence-corrected chi connectivity index (χ2v) is 20.1. The van der Waals surface area contributed by atoms with Crippen molar-refractivity contribution in [3.05, 3.63) is 70.8 Å². The maximum Gasteiger partial charge on any atom is 0.201 e. The SMILES string of the molecule is CCCCOc1ccc(C(=CCOCC=C(c2ccc(OCCCC)c(F)c2F)[C@H]2CC[C@H]([C@H]3CC[C@H](CCC)CC3)CC2)[C@H]2CC[C@H]([C@H]3CC[C@H](CCC)CC3)CC2)c(F)c1F. The van der Waals surface area contributed by atoms with Crippen LogP contribution in [0.1, 0.15) is 193 Å². The van der Waals surface area contributed by atoms with Crippen LogP contribution in [-0.2, 0) is 4.74 Å². The molecule has 0 radical (unpaired) electrons. The molecule has 0 bridgehead atoms. The van der Waals surface area contributed by atoms with E-state index >= 15 is 17.6 Å². The highest BCUT2D eigenvalue weighted by atomic mass is 19.2. The van der Waals surface area contributed by atoms with Gasteiger partial charge in [-0.25, -0.2) is 8.78 Å². The second-order valence-electron chi connectivity index (χ2n) is 20.1. The van der Waals surface area contributed by atoms with Crippen LogP contribution in [0.15, 0.2) is 36.4 Å². The summed E-state index contributed by atoms with van der Waals surface area (Å²) in [7, 11) is 0. The van der Waals surface area contributed by atoms with E-state index in [0.717, 1.165) is 112 Å². The minimum atomic E-state index is -0.935. The van der Waals surface area contributed by atoms with Crippen LogP contribution in [0.25, 0.3) is 11.1 Å². The van der Waals surface area contributed by atoms with Gasteiger partial charge in [0.2, 0.25) is 11.6 Å². The Morgan fingerprint density at radius 2 is 0.810 bits per heavy atom. The Balaban J connectivity index is 1.18. The Morgan fingerprint density at radius 1 is 0.460 bits per heavy atom. The lowest BCUT2D eigenvalue weighted by Gasteiger charge is -2.38. The normalized spacial score (nSPS) is 27.4. The van der Waals surface area contributed by atoms with E-state index in [-0.39, 0.29) is 47.7 Å². The fourth-order valence-electron chi connectivity index (χ4n) is 12.3. The maximum absolute atomic E-state index is 16.1. The van der Waals surface area contributed by atoms with Crippen LogP contribution in [0.4, 0.5) is 17.6 Å². The van der Waals surface area contributed by atoms with Gasteiger partial charge in [-0.3, -0.25) is 0 Å². The zero-order valence-corrected chi connectivity index (χ0v) is 39.6. The molecule has 4 fully saturated rings. The van der Waals surface area contributed by atoms with E-state index in [1.807, 2.05) is 26.0 Å². The Kier molecular flexibility index (Phi) is 20.3. The molecule has 352 valence electrons. The highest BCUT2D eigenvalue weighted by Crippen LogP contribution is 2.48. The highest BCUT2D eigenvalue weighted by molar-refractivity contribution is 5.70. The van der Waals surface area contributed by atoms with Crippen LogP contribution in [0.3, 0.4) is 0 Å². The molecule has 0 aromatic heterocycles. The lowest BCUT2D eigenvalue weighted by Crippen LogP contribution is -2.26. The molecule has 4 aliphatic carbocycles. The van der Waals surface area contributed by atoms with Crippen molar-refractivity contribution in [2.75, 3.05) is 26.4 Å². The Labute approximate surface area is 379 Å². The molecule has 0 amide bonds. The van der Waals surface area contributed by atoms with Gasteiger partial charge in [0.1, 0.15) is 0 Å². The summed E-state index contributed by atoms with van der Waals surface area (Å²) in [6, 6.07) is 6.52. The number of benzene rings is 2. The Bertz CT molecular complexity index is 1600.